The Hall–Kier alpha value is -2.69. The summed E-state index contributed by atoms with van der Waals surface area (Å²) in [5.41, 5.74) is 0.808. The molecule has 2 fully saturated rings. The van der Waals surface area contributed by atoms with Gasteiger partial charge in [-0.05, 0) is 42.5 Å². The van der Waals surface area contributed by atoms with Crippen LogP contribution in [0, 0.1) is 0 Å². The fourth-order valence-electron chi connectivity index (χ4n) is 4.10. The van der Waals surface area contributed by atoms with Crippen LogP contribution < -0.4 is 0 Å². The highest BCUT2D eigenvalue weighted by Crippen LogP contribution is 2.38. The number of fused-ring (bicyclic) bond motifs is 1. The Bertz CT molecular complexity index is 946. The molecule has 1 aliphatic heterocycles. The smallest absolute Gasteiger partial charge is 0.254 e. The summed E-state index contributed by atoms with van der Waals surface area (Å²) in [6.45, 7) is 1.56. The first-order chi connectivity index (χ1) is 12.8. The molecule has 0 spiro atoms. The summed E-state index contributed by atoms with van der Waals surface area (Å²) in [6.07, 6.45) is 6.28. The first kappa shape index (κ1) is 15.6. The summed E-state index contributed by atoms with van der Waals surface area (Å²) in [4.78, 5) is 15.1. The maximum absolute atomic E-state index is 13.1. The Morgan fingerprint density at radius 1 is 0.962 bits per heavy atom. The second-order valence-electron chi connectivity index (χ2n) is 7.42. The second kappa shape index (κ2) is 6.24. The molecule has 5 nitrogen and oxygen atoms in total. The van der Waals surface area contributed by atoms with Gasteiger partial charge in [0.25, 0.3) is 5.91 Å². The molecule has 1 saturated heterocycles. The van der Waals surface area contributed by atoms with Crippen LogP contribution in [-0.2, 0) is 0 Å². The molecule has 0 radical (unpaired) electrons. The maximum atomic E-state index is 13.1. The third-order valence-electron chi connectivity index (χ3n) is 5.71. The molecule has 0 unspecified atom stereocenters. The Balaban J connectivity index is 1.33. The van der Waals surface area contributed by atoms with Crippen molar-refractivity contribution in [2.24, 2.45) is 0 Å². The van der Waals surface area contributed by atoms with Crippen LogP contribution in [0.2, 0.25) is 0 Å². The monoisotopic (exact) mass is 346 g/mol. The number of aromatic nitrogens is 3. The van der Waals surface area contributed by atoms with Crippen LogP contribution in [-0.4, -0.2) is 38.7 Å². The van der Waals surface area contributed by atoms with Gasteiger partial charge in [-0.15, -0.1) is 10.2 Å². The van der Waals surface area contributed by atoms with E-state index in [2.05, 4.69) is 26.9 Å². The van der Waals surface area contributed by atoms with Gasteiger partial charge in [0.15, 0.2) is 0 Å². The van der Waals surface area contributed by atoms with Crippen LogP contribution in [0.3, 0.4) is 0 Å². The molecule has 2 aromatic carbocycles. The van der Waals surface area contributed by atoms with E-state index in [4.69, 9.17) is 0 Å². The second-order valence-corrected chi connectivity index (χ2v) is 7.42. The number of hydrogen-bond donors (Lipinski definition) is 0. The first-order valence-corrected chi connectivity index (χ1v) is 9.48. The summed E-state index contributed by atoms with van der Waals surface area (Å²) in [5.74, 6) is 1.67. The lowest BCUT2D eigenvalue weighted by Crippen LogP contribution is -2.38. The molecular formula is C21H22N4O. The highest BCUT2D eigenvalue weighted by molar-refractivity contribution is 6.07. The van der Waals surface area contributed by atoms with Gasteiger partial charge in [-0.2, -0.15) is 0 Å². The zero-order chi connectivity index (χ0) is 17.5. The fraction of sp³-hybridized carbons (Fsp3) is 0.381. The van der Waals surface area contributed by atoms with E-state index < -0.39 is 0 Å². The van der Waals surface area contributed by atoms with E-state index >= 15 is 0 Å². The molecule has 1 saturated carbocycles. The molecule has 5 rings (SSSR count). The molecule has 2 heterocycles. The minimum absolute atomic E-state index is 0.143. The van der Waals surface area contributed by atoms with E-state index in [1.54, 1.807) is 0 Å². The molecule has 1 aliphatic carbocycles. The minimum atomic E-state index is 0.143. The predicted molar refractivity (Wildman–Crippen MR) is 100 cm³/mol. The van der Waals surface area contributed by atoms with Gasteiger partial charge in [0.2, 0.25) is 0 Å². The number of nitrogens with zero attached hydrogens (tertiary/aromatic N) is 4. The van der Waals surface area contributed by atoms with Crippen molar-refractivity contribution in [2.45, 2.75) is 37.6 Å². The first-order valence-electron chi connectivity index (χ1n) is 9.48. The van der Waals surface area contributed by atoms with E-state index in [1.807, 2.05) is 41.6 Å². The quantitative estimate of drug-likeness (QED) is 0.725. The molecule has 1 aromatic heterocycles. The highest BCUT2D eigenvalue weighted by Gasteiger charge is 2.32. The lowest BCUT2D eigenvalue weighted by atomic mass is 9.94. The molecule has 3 aromatic rings. The van der Waals surface area contributed by atoms with Crippen LogP contribution in [0.25, 0.3) is 10.8 Å². The van der Waals surface area contributed by atoms with Gasteiger partial charge >= 0.3 is 0 Å². The molecule has 132 valence electrons. The third-order valence-corrected chi connectivity index (χ3v) is 5.71. The van der Waals surface area contributed by atoms with Crippen LogP contribution >= 0.6 is 0 Å². The molecule has 1 amide bonds. The minimum Gasteiger partial charge on any atom is -0.339 e. The number of carbonyl (C=O) groups is 1. The zero-order valence-electron chi connectivity index (χ0n) is 14.7. The highest BCUT2D eigenvalue weighted by atomic mass is 16.2. The van der Waals surface area contributed by atoms with Crippen molar-refractivity contribution in [3.63, 3.8) is 0 Å². The summed E-state index contributed by atoms with van der Waals surface area (Å²) >= 11 is 0. The van der Waals surface area contributed by atoms with Crippen molar-refractivity contribution >= 4 is 16.7 Å². The lowest BCUT2D eigenvalue weighted by Gasteiger charge is -2.32. The number of likely N-dealkylation sites (tertiary alicyclic amines) is 1. The third kappa shape index (κ3) is 2.68. The number of carbonyl (C=O) groups excluding carboxylic acids is 1. The van der Waals surface area contributed by atoms with Gasteiger partial charge < -0.3 is 9.47 Å². The van der Waals surface area contributed by atoms with Crippen molar-refractivity contribution in [1.82, 2.24) is 19.7 Å². The van der Waals surface area contributed by atoms with Crippen molar-refractivity contribution in [3.8, 4) is 0 Å². The van der Waals surface area contributed by atoms with Crippen molar-refractivity contribution in [3.05, 3.63) is 60.2 Å². The fourth-order valence-corrected chi connectivity index (χ4v) is 4.10. The average molecular weight is 346 g/mol. The topological polar surface area (TPSA) is 51.0 Å². The van der Waals surface area contributed by atoms with Crippen molar-refractivity contribution in [2.75, 3.05) is 13.1 Å². The van der Waals surface area contributed by atoms with E-state index in [1.165, 1.54) is 12.8 Å². The van der Waals surface area contributed by atoms with Crippen LogP contribution in [0.5, 0.6) is 0 Å². The lowest BCUT2D eigenvalue weighted by molar-refractivity contribution is 0.0712. The SMILES string of the molecule is O=C(c1cccc2ccccc12)N1CCC(c2nncn2C2CC2)CC1. The Labute approximate surface area is 152 Å². The van der Waals surface area contributed by atoms with Gasteiger partial charge in [0, 0.05) is 30.6 Å². The summed E-state index contributed by atoms with van der Waals surface area (Å²) in [7, 11) is 0. The molecule has 0 bridgehead atoms. The van der Waals surface area contributed by atoms with Crippen LogP contribution in [0.1, 0.15) is 53.8 Å². The number of benzene rings is 2. The van der Waals surface area contributed by atoms with Gasteiger partial charge in [0.1, 0.15) is 12.2 Å². The van der Waals surface area contributed by atoms with Gasteiger partial charge in [0.05, 0.1) is 0 Å². The van der Waals surface area contributed by atoms with E-state index in [-0.39, 0.29) is 5.91 Å². The van der Waals surface area contributed by atoms with E-state index in [9.17, 15) is 4.79 Å². The van der Waals surface area contributed by atoms with E-state index in [0.29, 0.717) is 12.0 Å². The Morgan fingerprint density at radius 2 is 1.73 bits per heavy atom. The number of rotatable bonds is 3. The van der Waals surface area contributed by atoms with Crippen LogP contribution in [0.4, 0.5) is 0 Å². The molecule has 0 N–H and O–H groups in total. The molecule has 0 atom stereocenters. The number of piperidine rings is 1. The summed E-state index contributed by atoms with van der Waals surface area (Å²) in [5, 5.41) is 10.7. The molecular weight excluding hydrogens is 324 g/mol. The average Bonchev–Trinajstić information content (AvgIpc) is 3.43. The molecule has 26 heavy (non-hydrogen) atoms. The van der Waals surface area contributed by atoms with Gasteiger partial charge in [-0.1, -0.05) is 36.4 Å². The predicted octanol–water partition coefficient (Wildman–Crippen LogP) is 3.79. The maximum Gasteiger partial charge on any atom is 0.254 e. The number of hydrogen-bond acceptors (Lipinski definition) is 3. The summed E-state index contributed by atoms with van der Waals surface area (Å²) < 4.78 is 2.26. The van der Waals surface area contributed by atoms with E-state index in [0.717, 1.165) is 48.1 Å². The van der Waals surface area contributed by atoms with Crippen LogP contribution in [0.15, 0.2) is 48.8 Å². The Kier molecular flexibility index (Phi) is 3.73. The molecule has 2 aliphatic rings. The normalized spacial score (nSPS) is 18.4. The summed E-state index contributed by atoms with van der Waals surface area (Å²) in [6, 6.07) is 14.7. The van der Waals surface area contributed by atoms with Crippen molar-refractivity contribution < 1.29 is 4.79 Å². The largest absolute Gasteiger partial charge is 0.339 e. The Morgan fingerprint density at radius 3 is 2.54 bits per heavy atom. The van der Waals surface area contributed by atoms with Crippen molar-refractivity contribution in [1.29, 1.82) is 0 Å². The molecule has 5 heteroatoms. The standard InChI is InChI=1S/C21H22N4O/c26-21(19-7-3-5-15-4-1-2-6-18(15)19)24-12-10-16(11-13-24)20-23-22-14-25(20)17-8-9-17/h1-7,14,16-17H,8-13H2. The van der Waals surface area contributed by atoms with Gasteiger partial charge in [-0.3, -0.25) is 4.79 Å². The number of amides is 1. The van der Waals surface area contributed by atoms with Gasteiger partial charge in [-0.25, -0.2) is 0 Å². The zero-order valence-corrected chi connectivity index (χ0v) is 14.7.